The van der Waals surface area contributed by atoms with Crippen LogP contribution in [0, 0.1) is 0 Å². The zero-order valence-corrected chi connectivity index (χ0v) is 66.6. The lowest BCUT2D eigenvalue weighted by atomic mass is 10.1. The van der Waals surface area contributed by atoms with Crippen molar-refractivity contribution in [2.45, 2.75) is 367 Å². The number of hydrogen-bond acceptors (Lipinski definition) is 20. The molecule has 8 atom stereocenters. The lowest BCUT2D eigenvalue weighted by molar-refractivity contribution is -0.227. The highest BCUT2D eigenvalue weighted by molar-refractivity contribution is 7.46. The van der Waals surface area contributed by atoms with Crippen molar-refractivity contribution in [1.29, 1.82) is 0 Å². The van der Waals surface area contributed by atoms with Crippen molar-refractivity contribution in [3.05, 3.63) is 24.3 Å². The number of amides is 4. The van der Waals surface area contributed by atoms with E-state index in [-0.39, 0.29) is 65.2 Å². The smallest absolute Gasteiger partial charge is 0.306 e. The predicted molar refractivity (Wildman–Crippen MR) is 402 cm³/mol. The number of rotatable bonds is 76. The van der Waals surface area contributed by atoms with Crippen LogP contribution in [-0.2, 0) is 74.9 Å². The molecule has 0 aliphatic carbocycles. The SMILES string of the molecule is CCCCCC/C=C\CCCC(=O)O[C@H](CCCCCCC)CC(=O)NC(COCCC(O)CCCCCCC)COP(=O)([O-])OCCNC(=O)CC(=O)NCCOP(=O)([O-])OCC(COCCC(O)CCCCCCC)NC(=O)C[C@@H](CCCCCCC)OC(=O)CCC/C=C\CCCCCC. The largest absolute Gasteiger partial charge is 0.756 e. The number of carbonyl (C=O) groups is 6. The van der Waals surface area contributed by atoms with E-state index in [1.807, 2.05) is 0 Å². The van der Waals surface area contributed by atoms with Gasteiger partial charge in [0, 0.05) is 39.1 Å². The van der Waals surface area contributed by atoms with Crippen molar-refractivity contribution in [2.24, 2.45) is 0 Å². The first-order chi connectivity index (χ1) is 49.7. The third-order valence-electron chi connectivity index (χ3n) is 17.3. The number of unbranched alkanes of at least 4 members (excludes halogenated alkanes) is 26. The number of phosphoric ester groups is 2. The van der Waals surface area contributed by atoms with Gasteiger partial charge in [0.2, 0.25) is 23.6 Å². The summed E-state index contributed by atoms with van der Waals surface area (Å²) in [6, 6.07) is -2.01. The van der Waals surface area contributed by atoms with E-state index < -0.39 is 121 Å². The molecule has 103 heavy (non-hydrogen) atoms. The van der Waals surface area contributed by atoms with E-state index in [1.165, 1.54) is 38.5 Å². The molecule has 0 bridgehead atoms. The van der Waals surface area contributed by atoms with Gasteiger partial charge in [0.05, 0.1) is 76.8 Å². The number of aliphatic hydroxyl groups excluding tert-OH is 2. The van der Waals surface area contributed by atoms with Crippen molar-refractivity contribution in [3.63, 3.8) is 0 Å². The molecule has 0 saturated carbocycles. The van der Waals surface area contributed by atoms with Gasteiger partial charge in [-0.2, -0.15) is 0 Å². The summed E-state index contributed by atoms with van der Waals surface area (Å²) in [6.07, 6.45) is 42.2. The van der Waals surface area contributed by atoms with Crippen LogP contribution in [0.15, 0.2) is 24.3 Å². The number of aliphatic hydroxyl groups is 2. The molecule has 0 spiro atoms. The molecule has 0 rings (SSSR count). The molecule has 0 fully saturated rings. The second-order valence-corrected chi connectivity index (χ2v) is 30.3. The number of nitrogens with one attached hydrogen (secondary N) is 4. The van der Waals surface area contributed by atoms with E-state index in [4.69, 9.17) is 37.0 Å². The zero-order chi connectivity index (χ0) is 76.1. The topological polar surface area (TPSA) is 345 Å². The maximum absolute atomic E-state index is 13.6. The number of esters is 2. The Morgan fingerprint density at radius 3 is 1.02 bits per heavy atom. The van der Waals surface area contributed by atoms with Crippen LogP contribution in [0.1, 0.15) is 330 Å². The first-order valence-electron chi connectivity index (χ1n) is 40.2. The Morgan fingerprint density at radius 2 is 0.680 bits per heavy atom. The van der Waals surface area contributed by atoms with Crippen LogP contribution >= 0.6 is 15.6 Å². The van der Waals surface area contributed by atoms with E-state index in [2.05, 4.69) is 87.1 Å². The summed E-state index contributed by atoms with van der Waals surface area (Å²) in [5.74, 6) is -3.44. The second kappa shape index (κ2) is 70.1. The molecule has 4 amide bonds. The molecule has 26 heteroatoms. The number of hydrogen-bond donors (Lipinski definition) is 6. The van der Waals surface area contributed by atoms with E-state index in [1.54, 1.807) is 0 Å². The third-order valence-corrected chi connectivity index (χ3v) is 19.3. The average molecular weight is 1510 g/mol. The van der Waals surface area contributed by atoms with Crippen molar-refractivity contribution in [1.82, 2.24) is 21.3 Å². The Kier molecular flexibility index (Phi) is 67.6. The molecule has 0 aromatic heterocycles. The Bertz CT molecular complexity index is 2100. The molecule has 0 aliphatic rings. The fourth-order valence-corrected chi connectivity index (χ4v) is 12.7. The summed E-state index contributed by atoms with van der Waals surface area (Å²) in [5, 5.41) is 31.4. The number of carbonyl (C=O) groups excluding carboxylic acids is 6. The Balaban J connectivity index is 5.62. The standard InChI is InChI=1S/C77H146N4O20P2/c1-7-13-19-25-27-29-31-37-43-49-76(88)100-70(47-41-35-23-17-11-5)59-74(86)80-66(62-94-55-51-68(82)45-39-33-21-15-9-3)64-98-102(90,91)96-57-53-78-72(84)61-73(85)79-54-58-97-103(92,93)99-65-67(63-95-56-52-69(83)46-40-34-22-16-10-4)81-75(87)60-71(48-42-36-24-18-12-6)101-77(89)50-44-38-32-30-28-26-20-14-8-2/h29-32,66-71,82-83H,7-28,33-65H2,1-6H3,(H,78,84)(H,79,85)(H,80,86)(H,81,87)(H,90,91)(H,92,93)/p-2/b31-29-,32-30-/t66?,67?,68?,69?,70-,71-/m1/s1. The molecule has 0 heterocycles. The number of ether oxygens (including phenoxy) is 4. The van der Waals surface area contributed by atoms with Gasteiger partial charge in [-0.1, -0.05) is 220 Å². The average Bonchev–Trinajstić information content (AvgIpc) is 0.922. The van der Waals surface area contributed by atoms with Gasteiger partial charge in [-0.05, 0) is 103 Å². The Hall–Kier alpha value is -3.64. The maximum atomic E-state index is 13.6. The van der Waals surface area contributed by atoms with E-state index in [9.17, 15) is 57.9 Å². The predicted octanol–water partition coefficient (Wildman–Crippen LogP) is 14.6. The van der Waals surface area contributed by atoms with E-state index in [0.717, 1.165) is 167 Å². The molecule has 604 valence electrons. The van der Waals surface area contributed by atoms with Crippen molar-refractivity contribution in [3.8, 4) is 0 Å². The van der Waals surface area contributed by atoms with Gasteiger partial charge in [0.15, 0.2) is 0 Å². The summed E-state index contributed by atoms with van der Waals surface area (Å²) in [5.41, 5.74) is 0. The second-order valence-electron chi connectivity index (χ2n) is 27.5. The zero-order valence-electron chi connectivity index (χ0n) is 64.8. The van der Waals surface area contributed by atoms with Gasteiger partial charge < -0.3 is 78.3 Å². The highest BCUT2D eigenvalue weighted by Crippen LogP contribution is 2.39. The van der Waals surface area contributed by atoms with Gasteiger partial charge in [-0.15, -0.1) is 0 Å². The third kappa shape index (κ3) is 67.5. The van der Waals surface area contributed by atoms with Gasteiger partial charge >= 0.3 is 11.9 Å². The molecule has 0 aliphatic heterocycles. The van der Waals surface area contributed by atoms with Crippen LogP contribution in [0.5, 0.6) is 0 Å². The van der Waals surface area contributed by atoms with Crippen LogP contribution in [0.3, 0.4) is 0 Å². The Labute approximate surface area is 621 Å². The summed E-state index contributed by atoms with van der Waals surface area (Å²) in [7, 11) is -10.1. The van der Waals surface area contributed by atoms with Crippen molar-refractivity contribution in [2.75, 3.05) is 65.9 Å². The number of phosphoric acid groups is 2. The van der Waals surface area contributed by atoms with Crippen LogP contribution in [-0.4, -0.2) is 148 Å². The maximum Gasteiger partial charge on any atom is 0.306 e. The molecular weight excluding hydrogens is 1360 g/mol. The normalized spacial score (nSPS) is 14.7. The highest BCUT2D eigenvalue weighted by Gasteiger charge is 2.26. The molecule has 24 nitrogen and oxygen atoms in total. The minimum absolute atomic E-state index is 0.124. The molecule has 6 unspecified atom stereocenters. The quantitative estimate of drug-likeness (QED) is 0.0108. The van der Waals surface area contributed by atoms with Gasteiger partial charge in [-0.3, -0.25) is 37.9 Å². The monoisotopic (exact) mass is 1510 g/mol. The molecular formula is C77H144N4O20P2-2. The fraction of sp³-hybridized carbons (Fsp3) is 0.870. The molecule has 0 radical (unpaired) electrons. The lowest BCUT2D eigenvalue weighted by Gasteiger charge is -2.27. The number of allylic oxidation sites excluding steroid dienone is 4. The van der Waals surface area contributed by atoms with Crippen molar-refractivity contribution >= 4 is 51.2 Å². The minimum Gasteiger partial charge on any atom is -0.756 e. The van der Waals surface area contributed by atoms with E-state index in [0.29, 0.717) is 51.4 Å². The van der Waals surface area contributed by atoms with Gasteiger partial charge in [0.25, 0.3) is 15.6 Å². The van der Waals surface area contributed by atoms with Gasteiger partial charge in [-0.25, -0.2) is 0 Å². The summed E-state index contributed by atoms with van der Waals surface area (Å²) < 4.78 is 69.7. The molecule has 6 N–H and O–H groups in total. The summed E-state index contributed by atoms with van der Waals surface area (Å²) in [6.45, 7) is 9.66. The molecule has 0 aromatic carbocycles. The van der Waals surface area contributed by atoms with Gasteiger partial charge in [0.1, 0.15) is 18.6 Å². The molecule has 0 saturated heterocycles. The highest BCUT2D eigenvalue weighted by atomic mass is 31.2. The Morgan fingerprint density at radius 1 is 0.369 bits per heavy atom. The fourth-order valence-electron chi connectivity index (χ4n) is 11.2. The lowest BCUT2D eigenvalue weighted by Crippen LogP contribution is -2.43. The summed E-state index contributed by atoms with van der Waals surface area (Å²) >= 11 is 0. The first kappa shape index (κ1) is 99.4. The van der Waals surface area contributed by atoms with Crippen LogP contribution in [0.4, 0.5) is 0 Å². The van der Waals surface area contributed by atoms with E-state index >= 15 is 0 Å². The van der Waals surface area contributed by atoms with Crippen molar-refractivity contribution < 1.29 is 94.9 Å². The minimum atomic E-state index is -5.06. The van der Waals surface area contributed by atoms with Crippen LogP contribution < -0.4 is 31.1 Å². The first-order valence-corrected chi connectivity index (χ1v) is 43.2. The molecule has 0 aromatic rings. The van der Waals surface area contributed by atoms with Crippen LogP contribution in [0.2, 0.25) is 0 Å². The summed E-state index contributed by atoms with van der Waals surface area (Å²) in [4.78, 5) is 105. The van der Waals surface area contributed by atoms with Crippen LogP contribution in [0.25, 0.3) is 0 Å².